The quantitative estimate of drug-likeness (QED) is 0.820. The Morgan fingerprint density at radius 2 is 1.83 bits per heavy atom. The Morgan fingerprint density at radius 1 is 1.09 bits per heavy atom. The summed E-state index contributed by atoms with van der Waals surface area (Å²) in [5, 5.41) is 6.70. The minimum Gasteiger partial charge on any atom is -0.495 e. The summed E-state index contributed by atoms with van der Waals surface area (Å²) in [4.78, 5) is 12.1. The van der Waals surface area contributed by atoms with E-state index in [9.17, 15) is 4.79 Å². The molecule has 0 aromatic heterocycles. The van der Waals surface area contributed by atoms with Gasteiger partial charge in [0.1, 0.15) is 11.5 Å². The van der Waals surface area contributed by atoms with E-state index in [-0.39, 0.29) is 12.5 Å². The lowest BCUT2D eigenvalue weighted by atomic mass is 10.2. The molecule has 0 radical (unpaired) electrons. The van der Waals surface area contributed by atoms with Crippen LogP contribution >= 0.6 is 23.2 Å². The molecule has 0 aliphatic heterocycles. The van der Waals surface area contributed by atoms with Crippen molar-refractivity contribution >= 4 is 40.5 Å². The standard InChI is InChI=1S/C16H16Cl2N2O3/c1-22-14-8-15(23-2)13(7-12(14)18)20-16(21)9-19-11-5-3-4-10(17)6-11/h3-8,19H,9H2,1-2H3,(H,20,21). The van der Waals surface area contributed by atoms with Crippen molar-refractivity contribution in [3.63, 3.8) is 0 Å². The summed E-state index contributed by atoms with van der Waals surface area (Å²) in [6.45, 7) is 0.0765. The fourth-order valence-corrected chi connectivity index (χ4v) is 2.36. The van der Waals surface area contributed by atoms with Gasteiger partial charge >= 0.3 is 0 Å². The number of anilines is 2. The smallest absolute Gasteiger partial charge is 0.243 e. The summed E-state index contributed by atoms with van der Waals surface area (Å²) in [5.41, 5.74) is 1.23. The van der Waals surface area contributed by atoms with E-state index in [2.05, 4.69) is 10.6 Å². The van der Waals surface area contributed by atoms with Crippen LogP contribution in [-0.2, 0) is 4.79 Å². The third kappa shape index (κ3) is 4.68. The molecule has 0 aliphatic rings. The summed E-state index contributed by atoms with van der Waals surface area (Å²) in [7, 11) is 3.01. The molecule has 0 unspecified atom stereocenters. The summed E-state index contributed by atoms with van der Waals surface area (Å²) < 4.78 is 10.3. The minimum absolute atomic E-state index is 0.0765. The van der Waals surface area contributed by atoms with Crippen LogP contribution in [0, 0.1) is 0 Å². The van der Waals surface area contributed by atoms with Crippen LogP contribution in [0.3, 0.4) is 0 Å². The molecule has 1 amide bonds. The third-order valence-electron chi connectivity index (χ3n) is 3.03. The highest BCUT2D eigenvalue weighted by Gasteiger charge is 2.12. The van der Waals surface area contributed by atoms with E-state index >= 15 is 0 Å². The van der Waals surface area contributed by atoms with Crippen LogP contribution in [0.4, 0.5) is 11.4 Å². The number of nitrogens with one attached hydrogen (secondary N) is 2. The zero-order valence-electron chi connectivity index (χ0n) is 12.7. The van der Waals surface area contributed by atoms with Gasteiger partial charge in [-0.05, 0) is 24.3 Å². The van der Waals surface area contributed by atoms with Crippen molar-refractivity contribution < 1.29 is 14.3 Å². The Kier molecular flexibility index (Phi) is 5.96. The second kappa shape index (κ2) is 7.94. The predicted octanol–water partition coefficient (Wildman–Crippen LogP) is 4.06. The molecular formula is C16H16Cl2N2O3. The highest BCUT2D eigenvalue weighted by Crippen LogP contribution is 2.35. The van der Waals surface area contributed by atoms with E-state index < -0.39 is 0 Å². The maximum atomic E-state index is 12.1. The molecule has 23 heavy (non-hydrogen) atoms. The number of hydrogen-bond acceptors (Lipinski definition) is 4. The average Bonchev–Trinajstić information content (AvgIpc) is 2.53. The van der Waals surface area contributed by atoms with Gasteiger partial charge < -0.3 is 20.1 Å². The van der Waals surface area contributed by atoms with Gasteiger partial charge in [-0.25, -0.2) is 0 Å². The van der Waals surface area contributed by atoms with Crippen molar-refractivity contribution in [2.75, 3.05) is 31.4 Å². The van der Waals surface area contributed by atoms with Crippen LogP contribution < -0.4 is 20.1 Å². The number of benzene rings is 2. The number of methoxy groups -OCH3 is 2. The number of amides is 1. The summed E-state index contributed by atoms with van der Waals surface area (Å²) in [6.07, 6.45) is 0. The van der Waals surface area contributed by atoms with Crippen molar-refractivity contribution in [3.8, 4) is 11.5 Å². The Labute approximate surface area is 144 Å². The second-order valence-corrected chi connectivity index (χ2v) is 5.44. The molecular weight excluding hydrogens is 339 g/mol. The molecule has 2 N–H and O–H groups in total. The van der Waals surface area contributed by atoms with E-state index in [1.54, 1.807) is 30.3 Å². The van der Waals surface area contributed by atoms with Crippen molar-refractivity contribution in [2.45, 2.75) is 0 Å². The molecule has 0 atom stereocenters. The number of halogens is 2. The van der Waals surface area contributed by atoms with Crippen LogP contribution in [0.15, 0.2) is 36.4 Å². The minimum atomic E-state index is -0.246. The topological polar surface area (TPSA) is 59.6 Å². The van der Waals surface area contributed by atoms with Crippen LogP contribution in [0.5, 0.6) is 11.5 Å². The fourth-order valence-electron chi connectivity index (χ4n) is 1.93. The monoisotopic (exact) mass is 354 g/mol. The largest absolute Gasteiger partial charge is 0.495 e. The van der Waals surface area contributed by atoms with Crippen LogP contribution in [0.1, 0.15) is 0 Å². The van der Waals surface area contributed by atoms with Crippen molar-refractivity contribution in [3.05, 3.63) is 46.4 Å². The summed E-state index contributed by atoms with van der Waals surface area (Å²) in [6, 6.07) is 10.3. The average molecular weight is 355 g/mol. The molecule has 0 saturated heterocycles. The van der Waals surface area contributed by atoms with E-state index in [4.69, 9.17) is 32.7 Å². The summed E-state index contributed by atoms with van der Waals surface area (Å²) in [5.74, 6) is 0.686. The maximum absolute atomic E-state index is 12.1. The molecule has 0 heterocycles. The third-order valence-corrected chi connectivity index (χ3v) is 3.56. The number of hydrogen-bond donors (Lipinski definition) is 2. The Bertz CT molecular complexity index is 708. The molecule has 0 fully saturated rings. The van der Waals surface area contributed by atoms with Crippen LogP contribution in [0.2, 0.25) is 10.0 Å². The maximum Gasteiger partial charge on any atom is 0.243 e. The van der Waals surface area contributed by atoms with Crippen molar-refractivity contribution in [2.24, 2.45) is 0 Å². The van der Waals surface area contributed by atoms with Gasteiger partial charge in [-0.1, -0.05) is 29.3 Å². The van der Waals surface area contributed by atoms with E-state index in [0.717, 1.165) is 5.69 Å². The van der Waals surface area contributed by atoms with Crippen LogP contribution in [0.25, 0.3) is 0 Å². The molecule has 2 aromatic carbocycles. The Balaban J connectivity index is 2.03. The van der Waals surface area contributed by atoms with Gasteiger partial charge in [0.2, 0.25) is 5.91 Å². The Hall–Kier alpha value is -2.11. The first-order valence-electron chi connectivity index (χ1n) is 6.74. The van der Waals surface area contributed by atoms with E-state index in [1.165, 1.54) is 14.2 Å². The normalized spacial score (nSPS) is 10.1. The zero-order valence-corrected chi connectivity index (χ0v) is 14.2. The Morgan fingerprint density at radius 3 is 2.48 bits per heavy atom. The van der Waals surface area contributed by atoms with E-state index in [0.29, 0.717) is 27.2 Å². The lowest BCUT2D eigenvalue weighted by molar-refractivity contribution is -0.114. The lowest BCUT2D eigenvalue weighted by Gasteiger charge is -2.13. The molecule has 2 rings (SSSR count). The van der Waals surface area contributed by atoms with Gasteiger partial charge in [0, 0.05) is 16.8 Å². The molecule has 5 nitrogen and oxygen atoms in total. The number of ether oxygens (including phenoxy) is 2. The predicted molar refractivity (Wildman–Crippen MR) is 93.1 cm³/mol. The molecule has 7 heteroatoms. The van der Waals surface area contributed by atoms with Gasteiger partial charge in [-0.2, -0.15) is 0 Å². The van der Waals surface area contributed by atoms with Gasteiger partial charge in [0.05, 0.1) is 31.5 Å². The molecule has 2 aromatic rings. The number of carbonyl (C=O) groups is 1. The van der Waals surface area contributed by atoms with Gasteiger partial charge in [0.25, 0.3) is 0 Å². The second-order valence-electron chi connectivity index (χ2n) is 4.60. The summed E-state index contributed by atoms with van der Waals surface area (Å²) >= 11 is 12.0. The van der Waals surface area contributed by atoms with Gasteiger partial charge in [-0.15, -0.1) is 0 Å². The molecule has 0 saturated carbocycles. The molecule has 0 bridgehead atoms. The molecule has 0 aliphatic carbocycles. The first-order chi connectivity index (χ1) is 11.0. The zero-order chi connectivity index (χ0) is 16.8. The van der Waals surface area contributed by atoms with Crippen molar-refractivity contribution in [1.29, 1.82) is 0 Å². The first-order valence-corrected chi connectivity index (χ1v) is 7.50. The van der Waals surface area contributed by atoms with Gasteiger partial charge in [-0.3, -0.25) is 4.79 Å². The molecule has 122 valence electrons. The fraction of sp³-hybridized carbons (Fsp3) is 0.188. The highest BCUT2D eigenvalue weighted by atomic mass is 35.5. The van der Waals surface area contributed by atoms with E-state index in [1.807, 2.05) is 6.07 Å². The lowest BCUT2D eigenvalue weighted by Crippen LogP contribution is -2.22. The van der Waals surface area contributed by atoms with Gasteiger partial charge in [0.15, 0.2) is 0 Å². The SMILES string of the molecule is COc1cc(OC)c(NC(=O)CNc2cccc(Cl)c2)cc1Cl. The molecule has 0 spiro atoms. The first kappa shape index (κ1) is 17.2. The number of carbonyl (C=O) groups excluding carboxylic acids is 1. The number of rotatable bonds is 6. The van der Waals surface area contributed by atoms with Crippen LogP contribution in [-0.4, -0.2) is 26.7 Å². The van der Waals surface area contributed by atoms with Crippen molar-refractivity contribution in [1.82, 2.24) is 0 Å². The highest BCUT2D eigenvalue weighted by molar-refractivity contribution is 6.32.